The van der Waals surface area contributed by atoms with E-state index in [1.54, 1.807) is 36.0 Å². The molecule has 0 radical (unpaired) electrons. The van der Waals surface area contributed by atoms with Crippen LogP contribution in [0.4, 0.5) is 5.69 Å². The Morgan fingerprint density at radius 2 is 1.54 bits per heavy atom. The van der Waals surface area contributed by atoms with Crippen LogP contribution in [0.2, 0.25) is 0 Å². The van der Waals surface area contributed by atoms with Crippen LogP contribution in [-0.2, 0) is 4.79 Å². The number of thioether (sulfide) groups is 1. The number of benzene rings is 2. The number of carbonyl (C=O) groups is 2. The van der Waals surface area contributed by atoms with Crippen LogP contribution < -0.4 is 5.32 Å². The molecule has 0 saturated carbocycles. The van der Waals surface area contributed by atoms with Crippen molar-refractivity contribution < 1.29 is 9.59 Å². The molecule has 26 heavy (non-hydrogen) atoms. The first-order chi connectivity index (χ1) is 12.3. The number of aryl methyl sites for hydroxylation is 2. The first-order valence-electron chi connectivity index (χ1n) is 8.96. The van der Waals surface area contributed by atoms with E-state index < -0.39 is 0 Å². The summed E-state index contributed by atoms with van der Waals surface area (Å²) < 4.78 is 0. The second-order valence-electron chi connectivity index (χ2n) is 6.68. The van der Waals surface area contributed by atoms with Gasteiger partial charge in [0, 0.05) is 22.6 Å². The van der Waals surface area contributed by atoms with Crippen molar-refractivity contribution >= 4 is 29.1 Å². The maximum Gasteiger partial charge on any atom is 0.224 e. The maximum atomic E-state index is 12.5. The van der Waals surface area contributed by atoms with E-state index in [4.69, 9.17) is 0 Å². The van der Waals surface area contributed by atoms with Gasteiger partial charge in [-0.3, -0.25) is 9.59 Å². The number of hydrogen-bond donors (Lipinski definition) is 1. The van der Waals surface area contributed by atoms with Crippen LogP contribution in [0.1, 0.15) is 52.4 Å². The Hall–Kier alpha value is -2.07. The Kier molecular flexibility index (Phi) is 7.04. The number of amides is 1. The highest BCUT2D eigenvalue weighted by Crippen LogP contribution is 2.31. The van der Waals surface area contributed by atoms with Gasteiger partial charge >= 0.3 is 0 Å². The molecular weight excluding hydrogens is 342 g/mol. The predicted molar refractivity (Wildman–Crippen MR) is 110 cm³/mol. The Bertz CT molecular complexity index is 784. The zero-order chi connectivity index (χ0) is 19.3. The molecule has 2 aromatic rings. The minimum absolute atomic E-state index is 0.00268. The van der Waals surface area contributed by atoms with Crippen LogP contribution in [0.5, 0.6) is 0 Å². The zero-order valence-electron chi connectivity index (χ0n) is 16.2. The van der Waals surface area contributed by atoms with Crippen LogP contribution in [0.3, 0.4) is 0 Å². The van der Waals surface area contributed by atoms with Crippen LogP contribution in [0.25, 0.3) is 0 Å². The monoisotopic (exact) mass is 369 g/mol. The summed E-state index contributed by atoms with van der Waals surface area (Å²) in [6, 6.07) is 9.34. The van der Waals surface area contributed by atoms with Crippen molar-refractivity contribution in [2.24, 2.45) is 0 Å². The Morgan fingerprint density at radius 3 is 2.08 bits per heavy atom. The van der Waals surface area contributed by atoms with E-state index in [9.17, 15) is 9.59 Å². The third-order valence-corrected chi connectivity index (χ3v) is 5.92. The van der Waals surface area contributed by atoms with E-state index in [2.05, 4.69) is 39.1 Å². The molecule has 0 fully saturated rings. The van der Waals surface area contributed by atoms with E-state index in [-0.39, 0.29) is 11.7 Å². The second kappa shape index (κ2) is 9.04. The van der Waals surface area contributed by atoms with Crippen molar-refractivity contribution in [1.82, 2.24) is 0 Å². The SMILES string of the molecule is CCCC(=O)Nc1ccc(C(=O)CSc2c(C)c(C)cc(C)c2C)cc1. The summed E-state index contributed by atoms with van der Waals surface area (Å²) in [5.41, 5.74) is 6.42. The largest absolute Gasteiger partial charge is 0.326 e. The fraction of sp³-hybridized carbons (Fsp3) is 0.364. The lowest BCUT2D eigenvalue weighted by Crippen LogP contribution is -2.11. The van der Waals surface area contributed by atoms with E-state index in [0.29, 0.717) is 17.7 Å². The van der Waals surface area contributed by atoms with Gasteiger partial charge in [-0.2, -0.15) is 0 Å². The van der Waals surface area contributed by atoms with Crippen molar-refractivity contribution in [2.45, 2.75) is 52.4 Å². The van der Waals surface area contributed by atoms with Gasteiger partial charge in [0.15, 0.2) is 5.78 Å². The minimum Gasteiger partial charge on any atom is -0.326 e. The molecule has 0 aliphatic carbocycles. The lowest BCUT2D eigenvalue weighted by molar-refractivity contribution is -0.116. The van der Waals surface area contributed by atoms with Gasteiger partial charge in [-0.15, -0.1) is 11.8 Å². The van der Waals surface area contributed by atoms with Gasteiger partial charge in [0.1, 0.15) is 0 Å². The van der Waals surface area contributed by atoms with Crippen LogP contribution in [-0.4, -0.2) is 17.4 Å². The van der Waals surface area contributed by atoms with Crippen molar-refractivity contribution in [3.05, 3.63) is 58.1 Å². The lowest BCUT2D eigenvalue weighted by atomic mass is 10.0. The molecule has 4 heteroatoms. The number of rotatable bonds is 7. The van der Waals surface area contributed by atoms with Crippen LogP contribution in [0, 0.1) is 27.7 Å². The maximum absolute atomic E-state index is 12.5. The van der Waals surface area contributed by atoms with E-state index in [1.807, 2.05) is 6.92 Å². The number of ketones is 1. The molecule has 0 atom stereocenters. The third-order valence-electron chi connectivity index (χ3n) is 4.61. The Labute approximate surface area is 160 Å². The molecule has 138 valence electrons. The molecule has 0 unspecified atom stereocenters. The lowest BCUT2D eigenvalue weighted by Gasteiger charge is -2.14. The molecule has 1 amide bonds. The summed E-state index contributed by atoms with van der Waals surface area (Å²) in [7, 11) is 0. The summed E-state index contributed by atoms with van der Waals surface area (Å²) in [6.45, 7) is 10.4. The third kappa shape index (κ3) is 4.98. The van der Waals surface area contributed by atoms with Crippen molar-refractivity contribution in [3.63, 3.8) is 0 Å². The molecule has 0 bridgehead atoms. The number of nitrogens with one attached hydrogen (secondary N) is 1. The molecule has 0 aliphatic rings. The average molecular weight is 370 g/mol. The molecule has 0 aromatic heterocycles. The average Bonchev–Trinajstić information content (AvgIpc) is 2.60. The quantitative estimate of drug-likeness (QED) is 0.508. The highest BCUT2D eigenvalue weighted by atomic mass is 32.2. The van der Waals surface area contributed by atoms with Gasteiger partial charge < -0.3 is 5.32 Å². The molecule has 3 nitrogen and oxygen atoms in total. The van der Waals surface area contributed by atoms with Crippen molar-refractivity contribution in [2.75, 3.05) is 11.1 Å². The smallest absolute Gasteiger partial charge is 0.224 e. The molecule has 0 spiro atoms. The van der Waals surface area contributed by atoms with Gasteiger partial charge in [-0.25, -0.2) is 0 Å². The summed E-state index contributed by atoms with van der Waals surface area (Å²) in [5.74, 6) is 0.508. The minimum atomic E-state index is 0.00268. The van der Waals surface area contributed by atoms with Gasteiger partial charge in [0.2, 0.25) is 5.91 Å². The normalized spacial score (nSPS) is 10.7. The van der Waals surface area contributed by atoms with Gasteiger partial charge in [0.25, 0.3) is 0 Å². The summed E-state index contributed by atoms with van der Waals surface area (Å²) in [5, 5.41) is 2.84. The topological polar surface area (TPSA) is 46.2 Å². The van der Waals surface area contributed by atoms with Crippen LogP contribution in [0.15, 0.2) is 35.2 Å². The molecule has 2 aromatic carbocycles. The zero-order valence-corrected chi connectivity index (χ0v) is 17.0. The molecule has 0 aliphatic heterocycles. The van der Waals surface area contributed by atoms with Crippen LogP contribution >= 0.6 is 11.8 Å². The fourth-order valence-corrected chi connectivity index (χ4v) is 4.01. The Morgan fingerprint density at radius 1 is 0.962 bits per heavy atom. The first-order valence-corrected chi connectivity index (χ1v) is 9.95. The number of Topliss-reactive ketones (excluding diaryl/α,β-unsaturated/α-hetero) is 1. The van der Waals surface area contributed by atoms with Gasteiger partial charge in [0.05, 0.1) is 5.75 Å². The highest BCUT2D eigenvalue weighted by molar-refractivity contribution is 8.00. The highest BCUT2D eigenvalue weighted by Gasteiger charge is 2.12. The van der Waals surface area contributed by atoms with E-state index in [1.165, 1.54) is 27.1 Å². The van der Waals surface area contributed by atoms with Gasteiger partial charge in [-0.05, 0) is 80.6 Å². The standard InChI is InChI=1S/C22H27NO2S/c1-6-7-21(25)23-19-10-8-18(9-11-19)20(24)13-26-22-16(4)14(2)12-15(3)17(22)5/h8-12H,6-7,13H2,1-5H3,(H,23,25). The summed E-state index contributed by atoms with van der Waals surface area (Å²) in [4.78, 5) is 25.4. The summed E-state index contributed by atoms with van der Waals surface area (Å²) in [6.07, 6.45) is 1.32. The Balaban J connectivity index is 2.04. The molecule has 2 rings (SSSR count). The van der Waals surface area contributed by atoms with E-state index in [0.717, 1.165) is 12.1 Å². The number of hydrogen-bond acceptors (Lipinski definition) is 3. The fourth-order valence-electron chi connectivity index (χ4n) is 2.81. The number of anilines is 1. The first kappa shape index (κ1) is 20.2. The molecular formula is C22H27NO2S. The van der Waals surface area contributed by atoms with E-state index >= 15 is 0 Å². The molecule has 1 N–H and O–H groups in total. The predicted octanol–water partition coefficient (Wildman–Crippen LogP) is 5.63. The molecule has 0 heterocycles. The van der Waals surface area contributed by atoms with Crippen molar-refractivity contribution in [1.29, 1.82) is 0 Å². The second-order valence-corrected chi connectivity index (χ2v) is 7.66. The van der Waals surface area contributed by atoms with Gasteiger partial charge in [-0.1, -0.05) is 13.0 Å². The van der Waals surface area contributed by atoms with Crippen molar-refractivity contribution in [3.8, 4) is 0 Å². The molecule has 0 saturated heterocycles. The number of carbonyl (C=O) groups excluding carboxylic acids is 2. The summed E-state index contributed by atoms with van der Waals surface area (Å²) >= 11 is 1.61.